The number of rotatable bonds is 5. The molecule has 2 aromatic carbocycles. The Morgan fingerprint density at radius 3 is 2.39 bits per heavy atom. The van der Waals surface area contributed by atoms with Gasteiger partial charge >= 0.3 is 17.8 Å². The van der Waals surface area contributed by atoms with E-state index in [1.54, 1.807) is 24.3 Å². The monoisotopic (exact) mass is 393 g/mol. The minimum absolute atomic E-state index is 0.0177. The number of anilines is 1. The molecular formula is C20H15N3O4S. The average molecular weight is 393 g/mol. The summed E-state index contributed by atoms with van der Waals surface area (Å²) in [6.07, 6.45) is 0. The predicted molar refractivity (Wildman–Crippen MR) is 105 cm³/mol. The fourth-order valence-corrected chi connectivity index (χ4v) is 3.69. The zero-order valence-corrected chi connectivity index (χ0v) is 15.4. The van der Waals surface area contributed by atoms with Gasteiger partial charge in [-0.3, -0.25) is 19.3 Å². The number of imide groups is 2. The number of thiophene rings is 1. The molecule has 1 aliphatic rings. The van der Waals surface area contributed by atoms with Gasteiger partial charge in [-0.05, 0) is 34.4 Å². The highest BCUT2D eigenvalue weighted by Gasteiger charge is 2.45. The molecule has 8 heteroatoms. The molecule has 2 heterocycles. The third kappa shape index (κ3) is 3.37. The molecule has 0 aliphatic carbocycles. The van der Waals surface area contributed by atoms with E-state index >= 15 is 0 Å². The molecule has 1 saturated heterocycles. The largest absolute Gasteiger partial charge is 0.335 e. The van der Waals surface area contributed by atoms with E-state index in [0.717, 1.165) is 20.5 Å². The summed E-state index contributed by atoms with van der Waals surface area (Å²) in [7, 11) is 0. The Morgan fingerprint density at radius 1 is 0.893 bits per heavy atom. The smallest absolute Gasteiger partial charge is 0.325 e. The molecule has 1 fully saturated rings. The summed E-state index contributed by atoms with van der Waals surface area (Å²) in [4.78, 5) is 51.4. The zero-order valence-electron chi connectivity index (χ0n) is 14.6. The molecule has 0 atom stereocenters. The second-order valence-corrected chi connectivity index (χ2v) is 7.29. The van der Waals surface area contributed by atoms with Gasteiger partial charge < -0.3 is 5.32 Å². The Bertz CT molecular complexity index is 1090. The van der Waals surface area contributed by atoms with E-state index in [1.165, 1.54) is 11.3 Å². The molecule has 3 aromatic rings. The molecule has 1 N–H and O–H groups in total. The van der Waals surface area contributed by atoms with Gasteiger partial charge in [0, 0.05) is 10.6 Å². The lowest BCUT2D eigenvalue weighted by molar-refractivity contribution is -0.143. The molecule has 4 rings (SSSR count). The minimum atomic E-state index is -0.991. The number of amides is 5. The minimum Gasteiger partial charge on any atom is -0.325 e. The summed E-state index contributed by atoms with van der Waals surface area (Å²) in [6, 6.07) is 15.9. The maximum atomic E-state index is 12.5. The highest BCUT2D eigenvalue weighted by atomic mass is 32.1. The maximum absolute atomic E-state index is 12.5. The van der Waals surface area contributed by atoms with Crippen LogP contribution in [0.4, 0.5) is 10.5 Å². The fourth-order valence-electron chi connectivity index (χ4n) is 3.00. The molecule has 0 unspecified atom stereocenters. The highest BCUT2D eigenvalue weighted by molar-refractivity contribution is 7.09. The Balaban J connectivity index is 1.45. The van der Waals surface area contributed by atoms with Gasteiger partial charge in [-0.1, -0.05) is 36.4 Å². The van der Waals surface area contributed by atoms with Crippen molar-refractivity contribution in [3.63, 3.8) is 0 Å². The average Bonchev–Trinajstić information content (AvgIpc) is 3.27. The first-order valence-electron chi connectivity index (χ1n) is 8.51. The number of carbonyl (C=O) groups is 4. The predicted octanol–water partition coefficient (Wildman–Crippen LogP) is 2.83. The number of urea groups is 1. The Hall–Kier alpha value is -3.52. The summed E-state index contributed by atoms with van der Waals surface area (Å²) >= 11 is 1.38. The van der Waals surface area contributed by atoms with E-state index in [4.69, 9.17) is 0 Å². The molecule has 0 radical (unpaired) electrons. The molecule has 1 aliphatic heterocycles. The molecule has 7 nitrogen and oxygen atoms in total. The van der Waals surface area contributed by atoms with Crippen LogP contribution in [0.15, 0.2) is 60.0 Å². The molecule has 140 valence electrons. The van der Waals surface area contributed by atoms with Crippen molar-refractivity contribution in [1.82, 2.24) is 9.80 Å². The van der Waals surface area contributed by atoms with Crippen LogP contribution < -0.4 is 5.32 Å². The number of nitrogens with one attached hydrogen (secondary N) is 1. The quantitative estimate of drug-likeness (QED) is 0.533. The first-order valence-corrected chi connectivity index (χ1v) is 9.39. The van der Waals surface area contributed by atoms with Crippen LogP contribution in [0.5, 0.6) is 0 Å². The van der Waals surface area contributed by atoms with Gasteiger partial charge in [0.05, 0.1) is 6.54 Å². The van der Waals surface area contributed by atoms with E-state index < -0.39 is 30.3 Å². The third-order valence-electron chi connectivity index (χ3n) is 4.36. The molecule has 1 aromatic heterocycles. The lowest BCUT2D eigenvalue weighted by Crippen LogP contribution is -2.38. The summed E-state index contributed by atoms with van der Waals surface area (Å²) in [5.41, 5.74) is 0.546. The lowest BCUT2D eigenvalue weighted by Gasteiger charge is -2.15. The topological polar surface area (TPSA) is 86.8 Å². The molecular weight excluding hydrogens is 378 g/mol. The van der Waals surface area contributed by atoms with Crippen molar-refractivity contribution in [2.45, 2.75) is 6.54 Å². The first kappa shape index (κ1) is 17.9. The van der Waals surface area contributed by atoms with Gasteiger partial charge in [0.25, 0.3) is 0 Å². The highest BCUT2D eigenvalue weighted by Crippen LogP contribution is 2.20. The Morgan fingerprint density at radius 2 is 1.64 bits per heavy atom. The van der Waals surface area contributed by atoms with Gasteiger partial charge in [0.2, 0.25) is 5.91 Å². The fraction of sp³-hybridized carbons (Fsp3) is 0.100. The summed E-state index contributed by atoms with van der Waals surface area (Å²) < 4.78 is 0. The normalized spacial score (nSPS) is 14.2. The SMILES string of the molecule is O=C(CN1C(=O)C(=O)N(Cc2cccs2)C1=O)Nc1ccc2ccccc2c1. The van der Waals surface area contributed by atoms with Gasteiger partial charge in [-0.25, -0.2) is 9.69 Å². The Labute approximate surface area is 164 Å². The lowest BCUT2D eigenvalue weighted by atomic mass is 10.1. The van der Waals surface area contributed by atoms with E-state index in [-0.39, 0.29) is 6.54 Å². The molecule has 0 bridgehead atoms. The number of nitrogens with zero attached hydrogens (tertiary/aromatic N) is 2. The first-order chi connectivity index (χ1) is 13.5. The van der Waals surface area contributed by atoms with Crippen LogP contribution in [0.2, 0.25) is 0 Å². The number of carbonyl (C=O) groups excluding carboxylic acids is 4. The van der Waals surface area contributed by atoms with Crippen LogP contribution in [0.25, 0.3) is 10.8 Å². The van der Waals surface area contributed by atoms with Crippen molar-refractivity contribution in [2.24, 2.45) is 0 Å². The van der Waals surface area contributed by atoms with E-state index in [0.29, 0.717) is 10.6 Å². The van der Waals surface area contributed by atoms with Crippen LogP contribution in [0.3, 0.4) is 0 Å². The van der Waals surface area contributed by atoms with Crippen molar-refractivity contribution in [3.8, 4) is 0 Å². The zero-order chi connectivity index (χ0) is 19.7. The van der Waals surface area contributed by atoms with E-state index in [2.05, 4.69) is 5.32 Å². The second-order valence-electron chi connectivity index (χ2n) is 6.25. The number of fused-ring (bicyclic) bond motifs is 1. The summed E-state index contributed by atoms with van der Waals surface area (Å²) in [5.74, 6) is -2.46. The number of benzene rings is 2. The Kier molecular flexibility index (Phi) is 4.62. The molecule has 28 heavy (non-hydrogen) atoms. The van der Waals surface area contributed by atoms with Gasteiger partial charge in [0.1, 0.15) is 6.54 Å². The maximum Gasteiger partial charge on any atom is 0.335 e. The van der Waals surface area contributed by atoms with Crippen LogP contribution in [0.1, 0.15) is 4.88 Å². The van der Waals surface area contributed by atoms with Crippen LogP contribution in [0, 0.1) is 0 Å². The van der Waals surface area contributed by atoms with Crippen molar-refractivity contribution >= 4 is 51.5 Å². The van der Waals surface area contributed by atoms with Crippen molar-refractivity contribution < 1.29 is 19.2 Å². The number of hydrogen-bond acceptors (Lipinski definition) is 5. The van der Waals surface area contributed by atoms with Crippen LogP contribution >= 0.6 is 11.3 Å². The van der Waals surface area contributed by atoms with Crippen LogP contribution in [-0.4, -0.2) is 40.1 Å². The molecule has 5 amide bonds. The number of hydrogen-bond donors (Lipinski definition) is 1. The van der Waals surface area contributed by atoms with Gasteiger partial charge in [0.15, 0.2) is 0 Å². The summed E-state index contributed by atoms with van der Waals surface area (Å²) in [5, 5.41) is 6.46. The third-order valence-corrected chi connectivity index (χ3v) is 5.23. The van der Waals surface area contributed by atoms with E-state index in [9.17, 15) is 19.2 Å². The van der Waals surface area contributed by atoms with E-state index in [1.807, 2.05) is 35.7 Å². The van der Waals surface area contributed by atoms with Crippen molar-refractivity contribution in [3.05, 3.63) is 64.9 Å². The summed E-state index contributed by atoms with van der Waals surface area (Å²) in [6.45, 7) is -0.499. The van der Waals surface area contributed by atoms with Gasteiger partial charge in [-0.2, -0.15) is 0 Å². The van der Waals surface area contributed by atoms with Crippen LogP contribution in [-0.2, 0) is 20.9 Å². The standard InChI is InChI=1S/C20H15N3O4S/c24-17(21-15-8-7-13-4-1-2-5-14(13)10-15)12-23-19(26)18(25)22(20(23)27)11-16-6-3-9-28-16/h1-10H,11-12H2,(H,21,24). The second kappa shape index (κ2) is 7.24. The molecule has 0 spiro atoms. The molecule has 0 saturated carbocycles. The van der Waals surface area contributed by atoms with Crippen molar-refractivity contribution in [2.75, 3.05) is 11.9 Å². The van der Waals surface area contributed by atoms with Gasteiger partial charge in [-0.15, -0.1) is 11.3 Å². The van der Waals surface area contributed by atoms with Crippen molar-refractivity contribution in [1.29, 1.82) is 0 Å².